The Kier molecular flexibility index (Phi) is 4.98. The standard InChI is InChI=1S/C22H31NO/c1-15-10-8-9-11-19(15)23-14-16-12-17(21(2,3)4)13-18(20(16)24)22(5,6)7/h8-13,23-24H,14H2,1-7H3. The van der Waals surface area contributed by atoms with Gasteiger partial charge in [-0.1, -0.05) is 65.8 Å². The van der Waals surface area contributed by atoms with Gasteiger partial charge in [-0.25, -0.2) is 0 Å². The lowest BCUT2D eigenvalue weighted by molar-refractivity contribution is 0.439. The maximum Gasteiger partial charge on any atom is 0.124 e. The Labute approximate surface area is 146 Å². The van der Waals surface area contributed by atoms with E-state index in [0.29, 0.717) is 12.3 Å². The fourth-order valence-electron chi connectivity index (χ4n) is 2.80. The van der Waals surface area contributed by atoms with E-state index in [0.717, 1.165) is 16.8 Å². The number of aryl methyl sites for hydroxylation is 1. The minimum Gasteiger partial charge on any atom is -0.507 e. The number of phenols is 1. The summed E-state index contributed by atoms with van der Waals surface area (Å²) in [6, 6.07) is 12.5. The molecule has 0 aliphatic rings. The van der Waals surface area contributed by atoms with E-state index < -0.39 is 0 Å². The van der Waals surface area contributed by atoms with Gasteiger partial charge in [0.15, 0.2) is 0 Å². The second kappa shape index (κ2) is 6.51. The Morgan fingerprint density at radius 3 is 2.08 bits per heavy atom. The monoisotopic (exact) mass is 325 g/mol. The van der Waals surface area contributed by atoms with Crippen LogP contribution in [0.5, 0.6) is 5.75 Å². The second-order valence-electron chi connectivity index (χ2n) is 8.70. The van der Waals surface area contributed by atoms with Gasteiger partial charge in [0.1, 0.15) is 5.75 Å². The molecule has 2 heteroatoms. The zero-order valence-corrected chi connectivity index (χ0v) is 16.1. The van der Waals surface area contributed by atoms with Crippen molar-refractivity contribution in [2.75, 3.05) is 5.32 Å². The van der Waals surface area contributed by atoms with Gasteiger partial charge in [-0.05, 0) is 46.6 Å². The van der Waals surface area contributed by atoms with Crippen molar-refractivity contribution in [2.24, 2.45) is 0 Å². The van der Waals surface area contributed by atoms with Crippen LogP contribution in [0.15, 0.2) is 36.4 Å². The summed E-state index contributed by atoms with van der Waals surface area (Å²) < 4.78 is 0. The van der Waals surface area contributed by atoms with Gasteiger partial charge in [-0.3, -0.25) is 0 Å². The molecular formula is C22H31NO. The first kappa shape index (κ1) is 18.4. The van der Waals surface area contributed by atoms with E-state index in [4.69, 9.17) is 0 Å². The molecule has 0 heterocycles. The van der Waals surface area contributed by atoms with Crippen LogP contribution in [0.2, 0.25) is 0 Å². The largest absolute Gasteiger partial charge is 0.507 e. The first-order chi connectivity index (χ1) is 11.0. The lowest BCUT2D eigenvalue weighted by Gasteiger charge is -2.27. The Hall–Kier alpha value is -1.96. The van der Waals surface area contributed by atoms with Gasteiger partial charge < -0.3 is 10.4 Å². The van der Waals surface area contributed by atoms with E-state index >= 15 is 0 Å². The van der Waals surface area contributed by atoms with Gasteiger partial charge in [0.05, 0.1) is 0 Å². The molecule has 2 aromatic rings. The first-order valence-electron chi connectivity index (χ1n) is 8.66. The fraction of sp³-hybridized carbons (Fsp3) is 0.455. The lowest BCUT2D eigenvalue weighted by Crippen LogP contribution is -2.18. The highest BCUT2D eigenvalue weighted by Crippen LogP contribution is 2.38. The summed E-state index contributed by atoms with van der Waals surface area (Å²) in [6.07, 6.45) is 0. The van der Waals surface area contributed by atoms with Crippen LogP contribution in [0.3, 0.4) is 0 Å². The highest BCUT2D eigenvalue weighted by molar-refractivity contribution is 5.53. The summed E-state index contributed by atoms with van der Waals surface area (Å²) in [7, 11) is 0. The summed E-state index contributed by atoms with van der Waals surface area (Å²) in [5.41, 5.74) is 5.49. The minimum atomic E-state index is -0.0945. The first-order valence-corrected chi connectivity index (χ1v) is 8.66. The molecule has 0 aliphatic carbocycles. The van der Waals surface area contributed by atoms with Crippen LogP contribution in [0.25, 0.3) is 0 Å². The van der Waals surface area contributed by atoms with Gasteiger partial charge >= 0.3 is 0 Å². The van der Waals surface area contributed by atoms with Crippen molar-refractivity contribution >= 4 is 5.69 Å². The third kappa shape index (κ3) is 4.11. The van der Waals surface area contributed by atoms with E-state index in [1.807, 2.05) is 12.1 Å². The summed E-state index contributed by atoms with van der Waals surface area (Å²) in [5, 5.41) is 14.3. The van der Waals surface area contributed by atoms with Crippen LogP contribution in [0.1, 0.15) is 63.8 Å². The van der Waals surface area contributed by atoms with Gasteiger partial charge in [0.25, 0.3) is 0 Å². The van der Waals surface area contributed by atoms with E-state index in [1.54, 1.807) is 0 Å². The topological polar surface area (TPSA) is 32.3 Å². The van der Waals surface area contributed by atoms with E-state index in [2.05, 4.69) is 78.0 Å². The smallest absolute Gasteiger partial charge is 0.124 e. The lowest BCUT2D eigenvalue weighted by atomic mass is 9.79. The third-order valence-electron chi connectivity index (χ3n) is 4.48. The number of anilines is 1. The Balaban J connectivity index is 2.43. The Morgan fingerprint density at radius 1 is 0.917 bits per heavy atom. The molecule has 0 saturated carbocycles. The maximum absolute atomic E-state index is 10.8. The zero-order chi connectivity index (χ0) is 18.1. The van der Waals surface area contributed by atoms with E-state index in [-0.39, 0.29) is 10.8 Å². The summed E-state index contributed by atoms with van der Waals surface area (Å²) >= 11 is 0. The van der Waals surface area contributed by atoms with Gasteiger partial charge in [0, 0.05) is 17.8 Å². The minimum absolute atomic E-state index is 0.0467. The van der Waals surface area contributed by atoms with Crippen LogP contribution in [-0.2, 0) is 17.4 Å². The van der Waals surface area contributed by atoms with Crippen molar-refractivity contribution < 1.29 is 5.11 Å². The quantitative estimate of drug-likeness (QED) is 0.735. The zero-order valence-electron chi connectivity index (χ0n) is 16.1. The molecule has 0 spiro atoms. The molecule has 0 atom stereocenters. The summed E-state index contributed by atoms with van der Waals surface area (Å²) in [4.78, 5) is 0. The van der Waals surface area contributed by atoms with Crippen LogP contribution in [-0.4, -0.2) is 5.11 Å². The molecule has 2 N–H and O–H groups in total. The van der Waals surface area contributed by atoms with Crippen molar-refractivity contribution in [3.8, 4) is 5.75 Å². The fourth-order valence-corrected chi connectivity index (χ4v) is 2.80. The molecule has 130 valence electrons. The molecule has 24 heavy (non-hydrogen) atoms. The molecule has 0 aliphatic heterocycles. The number of phenolic OH excluding ortho intramolecular Hbond substituents is 1. The number of hydrogen-bond acceptors (Lipinski definition) is 2. The molecule has 2 rings (SSSR count). The van der Waals surface area contributed by atoms with E-state index in [1.165, 1.54) is 11.1 Å². The van der Waals surface area contributed by atoms with Crippen molar-refractivity contribution in [3.05, 3.63) is 58.7 Å². The molecule has 0 unspecified atom stereocenters. The van der Waals surface area contributed by atoms with Crippen molar-refractivity contribution in [3.63, 3.8) is 0 Å². The van der Waals surface area contributed by atoms with Crippen LogP contribution in [0, 0.1) is 6.92 Å². The highest BCUT2D eigenvalue weighted by Gasteiger charge is 2.24. The summed E-state index contributed by atoms with van der Waals surface area (Å²) in [6.45, 7) is 15.8. The molecule has 2 aromatic carbocycles. The predicted octanol–water partition coefficient (Wildman–Crippen LogP) is 5.91. The van der Waals surface area contributed by atoms with E-state index in [9.17, 15) is 5.11 Å². The van der Waals surface area contributed by atoms with Gasteiger partial charge in [0.2, 0.25) is 0 Å². The molecule has 0 radical (unpaired) electrons. The number of benzene rings is 2. The van der Waals surface area contributed by atoms with Crippen LogP contribution < -0.4 is 5.32 Å². The SMILES string of the molecule is Cc1ccccc1NCc1cc(C(C)(C)C)cc(C(C)(C)C)c1O. The normalized spacial score (nSPS) is 12.3. The van der Waals surface area contributed by atoms with Gasteiger partial charge in [-0.15, -0.1) is 0 Å². The number of aromatic hydroxyl groups is 1. The average Bonchev–Trinajstić information content (AvgIpc) is 2.45. The van der Waals surface area contributed by atoms with Crippen LogP contribution >= 0.6 is 0 Å². The second-order valence-corrected chi connectivity index (χ2v) is 8.70. The van der Waals surface area contributed by atoms with Crippen molar-refractivity contribution in [2.45, 2.75) is 65.8 Å². The molecule has 0 amide bonds. The number of nitrogens with one attached hydrogen (secondary N) is 1. The predicted molar refractivity (Wildman–Crippen MR) is 104 cm³/mol. The number of para-hydroxylation sites is 1. The molecule has 2 nitrogen and oxygen atoms in total. The number of hydrogen-bond donors (Lipinski definition) is 2. The molecule has 0 aromatic heterocycles. The molecule has 0 fully saturated rings. The third-order valence-corrected chi connectivity index (χ3v) is 4.48. The van der Waals surface area contributed by atoms with Crippen molar-refractivity contribution in [1.29, 1.82) is 0 Å². The maximum atomic E-state index is 10.8. The van der Waals surface area contributed by atoms with Crippen molar-refractivity contribution in [1.82, 2.24) is 0 Å². The average molecular weight is 325 g/mol. The van der Waals surface area contributed by atoms with Gasteiger partial charge in [-0.2, -0.15) is 0 Å². The molecule has 0 bridgehead atoms. The highest BCUT2D eigenvalue weighted by atomic mass is 16.3. The Bertz CT molecular complexity index is 718. The van der Waals surface area contributed by atoms with Crippen LogP contribution in [0.4, 0.5) is 5.69 Å². The summed E-state index contributed by atoms with van der Waals surface area (Å²) in [5.74, 6) is 0.414. The number of rotatable bonds is 3. The molecular weight excluding hydrogens is 294 g/mol. The molecule has 0 saturated heterocycles. The Morgan fingerprint density at radius 2 is 1.54 bits per heavy atom.